The van der Waals surface area contributed by atoms with Crippen molar-refractivity contribution in [1.82, 2.24) is 4.98 Å². The van der Waals surface area contributed by atoms with Crippen LogP contribution < -0.4 is 9.64 Å². The van der Waals surface area contributed by atoms with Crippen molar-refractivity contribution in [3.05, 3.63) is 42.5 Å². The molecule has 0 unspecified atom stereocenters. The summed E-state index contributed by atoms with van der Waals surface area (Å²) in [5, 5.41) is 0.911. The molecule has 0 saturated heterocycles. The fraction of sp³-hybridized carbons (Fsp3) is 0.364. The van der Waals surface area contributed by atoms with E-state index in [9.17, 15) is 4.79 Å². The van der Waals surface area contributed by atoms with E-state index in [2.05, 4.69) is 0 Å². The molecule has 1 amide bonds. The molecule has 0 bridgehead atoms. The monoisotopic (exact) mass is 414 g/mol. The van der Waals surface area contributed by atoms with Gasteiger partial charge in [0.15, 0.2) is 6.79 Å². The molecular formula is C22H26N2O4S. The smallest absolute Gasteiger partial charge is 0.414 e. The van der Waals surface area contributed by atoms with Crippen molar-refractivity contribution in [1.29, 1.82) is 0 Å². The largest absolute Gasteiger partial charge is 0.468 e. The number of thiazole rings is 1. The number of nitrogens with zero attached hydrogens (tertiary/aromatic N) is 2. The van der Waals surface area contributed by atoms with E-state index in [0.29, 0.717) is 6.61 Å². The molecule has 0 N–H and O–H groups in total. The maximum atomic E-state index is 12.2. The van der Waals surface area contributed by atoms with E-state index in [-0.39, 0.29) is 12.9 Å². The first-order valence-electron chi connectivity index (χ1n) is 9.45. The fourth-order valence-electron chi connectivity index (χ4n) is 2.57. The van der Waals surface area contributed by atoms with Crippen molar-refractivity contribution < 1.29 is 19.0 Å². The van der Waals surface area contributed by atoms with Crippen LogP contribution in [0.3, 0.4) is 0 Å². The van der Waals surface area contributed by atoms with Crippen LogP contribution in [0.1, 0.15) is 27.7 Å². The minimum absolute atomic E-state index is 0.236. The van der Waals surface area contributed by atoms with E-state index in [1.165, 1.54) is 4.90 Å². The van der Waals surface area contributed by atoms with Gasteiger partial charge in [-0.1, -0.05) is 0 Å². The number of ether oxygens (including phenoxy) is 3. The van der Waals surface area contributed by atoms with Crippen molar-refractivity contribution in [3.63, 3.8) is 0 Å². The molecule has 7 heteroatoms. The Morgan fingerprint density at radius 3 is 2.52 bits per heavy atom. The van der Waals surface area contributed by atoms with Crippen LogP contribution in [-0.2, 0) is 9.47 Å². The van der Waals surface area contributed by atoms with Crippen LogP contribution in [0.15, 0.2) is 42.5 Å². The Morgan fingerprint density at radius 1 is 1.14 bits per heavy atom. The van der Waals surface area contributed by atoms with Gasteiger partial charge in [0.25, 0.3) is 0 Å². The Hall–Kier alpha value is -2.64. The van der Waals surface area contributed by atoms with E-state index in [4.69, 9.17) is 19.2 Å². The number of hydrogen-bond acceptors (Lipinski definition) is 6. The Morgan fingerprint density at radius 2 is 1.86 bits per heavy atom. The highest BCUT2D eigenvalue weighted by Gasteiger charge is 2.20. The molecule has 6 nitrogen and oxygen atoms in total. The number of amides is 1. The van der Waals surface area contributed by atoms with Crippen LogP contribution in [0.25, 0.3) is 20.8 Å². The molecule has 0 fully saturated rings. The predicted molar refractivity (Wildman–Crippen MR) is 117 cm³/mol. The predicted octanol–water partition coefficient (Wildman–Crippen LogP) is 5.71. The second-order valence-corrected chi connectivity index (χ2v) is 8.52. The molecule has 0 saturated carbocycles. The van der Waals surface area contributed by atoms with E-state index in [0.717, 1.165) is 32.2 Å². The zero-order chi connectivity index (χ0) is 21.0. The average molecular weight is 415 g/mol. The highest BCUT2D eigenvalue weighted by molar-refractivity contribution is 7.21. The second-order valence-electron chi connectivity index (χ2n) is 7.49. The molecule has 0 atom stereocenters. The molecule has 1 heterocycles. The van der Waals surface area contributed by atoms with Crippen molar-refractivity contribution in [2.75, 3.05) is 25.3 Å². The minimum Gasteiger partial charge on any atom is -0.468 e. The van der Waals surface area contributed by atoms with Crippen LogP contribution in [0.4, 0.5) is 10.5 Å². The summed E-state index contributed by atoms with van der Waals surface area (Å²) in [6, 6.07) is 13.5. The number of carbonyl (C=O) groups is 1. The number of rotatable bonds is 6. The fourth-order valence-corrected chi connectivity index (χ4v) is 3.57. The van der Waals surface area contributed by atoms with Gasteiger partial charge in [0, 0.05) is 24.9 Å². The molecule has 1 aromatic heterocycles. The highest BCUT2D eigenvalue weighted by atomic mass is 32.1. The summed E-state index contributed by atoms with van der Waals surface area (Å²) in [5.41, 5.74) is 2.14. The summed E-state index contributed by atoms with van der Waals surface area (Å²) in [4.78, 5) is 18.4. The van der Waals surface area contributed by atoms with Crippen LogP contribution in [0.5, 0.6) is 5.75 Å². The van der Waals surface area contributed by atoms with Gasteiger partial charge in [-0.25, -0.2) is 9.78 Å². The number of benzene rings is 2. The third kappa shape index (κ3) is 5.46. The van der Waals surface area contributed by atoms with Gasteiger partial charge < -0.3 is 14.2 Å². The summed E-state index contributed by atoms with van der Waals surface area (Å²) in [7, 11) is 1.70. The molecule has 154 valence electrons. The Kier molecular flexibility index (Phi) is 6.39. The maximum Gasteiger partial charge on any atom is 0.414 e. The van der Waals surface area contributed by atoms with Gasteiger partial charge in [-0.15, -0.1) is 11.3 Å². The van der Waals surface area contributed by atoms with Crippen LogP contribution >= 0.6 is 11.3 Å². The molecular weight excluding hydrogens is 388 g/mol. The quantitative estimate of drug-likeness (QED) is 0.382. The standard InChI is InChI=1S/C22H26N2O4S/c1-6-26-14-27-17-11-12-18-19(13-17)29-20(23-18)15-7-9-16(10-8-15)24(5)21(25)28-22(2,3)4/h7-13H,6,14H2,1-5H3. The lowest BCUT2D eigenvalue weighted by molar-refractivity contribution is 0.0225. The summed E-state index contributed by atoms with van der Waals surface area (Å²) < 4.78 is 17.3. The normalized spacial score (nSPS) is 11.5. The minimum atomic E-state index is -0.530. The third-order valence-corrected chi connectivity index (χ3v) is 5.11. The Labute approximate surface area is 175 Å². The van der Waals surface area contributed by atoms with E-state index >= 15 is 0 Å². The van der Waals surface area contributed by atoms with Gasteiger partial charge in [-0.3, -0.25) is 4.90 Å². The van der Waals surface area contributed by atoms with E-state index < -0.39 is 5.60 Å². The molecule has 0 aliphatic rings. The molecule has 0 aliphatic heterocycles. The zero-order valence-corrected chi connectivity index (χ0v) is 18.2. The first kappa shape index (κ1) is 21.1. The van der Waals surface area contributed by atoms with Crippen molar-refractivity contribution >= 4 is 33.3 Å². The van der Waals surface area contributed by atoms with Gasteiger partial charge >= 0.3 is 6.09 Å². The number of aromatic nitrogens is 1. The number of anilines is 1. The first-order chi connectivity index (χ1) is 13.8. The molecule has 0 aliphatic carbocycles. The van der Waals surface area contributed by atoms with Crippen molar-refractivity contribution in [2.45, 2.75) is 33.3 Å². The number of carbonyl (C=O) groups excluding carboxylic acids is 1. The first-order valence-corrected chi connectivity index (χ1v) is 10.3. The van der Waals surface area contributed by atoms with Crippen LogP contribution in [0.2, 0.25) is 0 Å². The second kappa shape index (κ2) is 8.80. The molecule has 0 spiro atoms. The highest BCUT2D eigenvalue weighted by Crippen LogP contribution is 2.33. The van der Waals surface area contributed by atoms with Crippen LogP contribution in [0, 0.1) is 0 Å². The van der Waals surface area contributed by atoms with Crippen molar-refractivity contribution in [2.24, 2.45) is 0 Å². The topological polar surface area (TPSA) is 60.9 Å². The summed E-state index contributed by atoms with van der Waals surface area (Å²) in [5.74, 6) is 0.760. The van der Waals surface area contributed by atoms with Gasteiger partial charge in [0.2, 0.25) is 0 Å². The molecule has 3 rings (SSSR count). The molecule has 3 aromatic rings. The third-order valence-electron chi connectivity index (χ3n) is 4.04. The maximum absolute atomic E-state index is 12.2. The lowest BCUT2D eigenvalue weighted by atomic mass is 10.2. The Balaban J connectivity index is 1.75. The molecule has 29 heavy (non-hydrogen) atoms. The van der Waals surface area contributed by atoms with Gasteiger partial charge in [-0.05, 0) is 70.2 Å². The van der Waals surface area contributed by atoms with Crippen molar-refractivity contribution in [3.8, 4) is 16.3 Å². The zero-order valence-electron chi connectivity index (χ0n) is 17.4. The number of fused-ring (bicyclic) bond motifs is 1. The van der Waals surface area contributed by atoms with E-state index in [1.54, 1.807) is 18.4 Å². The average Bonchev–Trinajstić information content (AvgIpc) is 3.10. The lowest BCUT2D eigenvalue weighted by Crippen LogP contribution is -2.34. The van der Waals surface area contributed by atoms with Crippen LogP contribution in [-0.4, -0.2) is 37.1 Å². The molecule has 2 aromatic carbocycles. The number of hydrogen-bond donors (Lipinski definition) is 0. The van der Waals surface area contributed by atoms with E-state index in [1.807, 2.05) is 70.2 Å². The molecule has 0 radical (unpaired) electrons. The van der Waals surface area contributed by atoms with Gasteiger partial charge in [-0.2, -0.15) is 0 Å². The summed E-state index contributed by atoms with van der Waals surface area (Å²) in [6.45, 7) is 8.33. The Bertz CT molecular complexity index is 977. The van der Waals surface area contributed by atoms with Gasteiger partial charge in [0.05, 0.1) is 10.2 Å². The SMILES string of the molecule is CCOCOc1ccc2nc(-c3ccc(N(C)C(=O)OC(C)(C)C)cc3)sc2c1. The summed E-state index contributed by atoms with van der Waals surface area (Å²) in [6.07, 6.45) is -0.384. The lowest BCUT2D eigenvalue weighted by Gasteiger charge is -2.24. The van der Waals surface area contributed by atoms with Gasteiger partial charge in [0.1, 0.15) is 16.4 Å². The summed E-state index contributed by atoms with van der Waals surface area (Å²) >= 11 is 1.60.